The van der Waals surface area contributed by atoms with Gasteiger partial charge in [-0.25, -0.2) is 17.9 Å². The van der Waals surface area contributed by atoms with Gasteiger partial charge in [-0.1, -0.05) is 0 Å². The van der Waals surface area contributed by atoms with E-state index in [0.29, 0.717) is 11.5 Å². The number of carboxylic acids is 1. The molecule has 2 N–H and O–H groups in total. The normalized spacial score (nSPS) is 13.4. The standard InChI is InChI=1S/C11H17NO5S2/c1-4-17-7(2)6-12-19(15,16)10-5-9(11(13)14)18-8(10)3/h5,7,12H,4,6H2,1-3H3,(H,13,14). The summed E-state index contributed by atoms with van der Waals surface area (Å²) in [7, 11) is -3.70. The van der Waals surface area contributed by atoms with Gasteiger partial charge < -0.3 is 9.84 Å². The van der Waals surface area contributed by atoms with Crippen LogP contribution < -0.4 is 4.72 Å². The molecule has 0 aliphatic rings. The summed E-state index contributed by atoms with van der Waals surface area (Å²) in [5.41, 5.74) is 0. The lowest BCUT2D eigenvalue weighted by Gasteiger charge is -2.12. The number of hydrogen-bond acceptors (Lipinski definition) is 5. The van der Waals surface area contributed by atoms with E-state index in [1.807, 2.05) is 6.92 Å². The van der Waals surface area contributed by atoms with E-state index in [0.717, 1.165) is 11.3 Å². The van der Waals surface area contributed by atoms with Crippen molar-refractivity contribution in [1.29, 1.82) is 0 Å². The number of hydrogen-bond donors (Lipinski definition) is 2. The molecule has 0 saturated heterocycles. The monoisotopic (exact) mass is 307 g/mol. The van der Waals surface area contributed by atoms with Crippen LogP contribution in [0.4, 0.5) is 0 Å². The van der Waals surface area contributed by atoms with E-state index in [2.05, 4.69) is 4.72 Å². The number of sulfonamides is 1. The Balaban J connectivity index is 2.86. The van der Waals surface area contributed by atoms with Gasteiger partial charge in [-0.15, -0.1) is 11.3 Å². The highest BCUT2D eigenvalue weighted by molar-refractivity contribution is 7.89. The van der Waals surface area contributed by atoms with E-state index in [9.17, 15) is 13.2 Å². The van der Waals surface area contributed by atoms with Crippen molar-refractivity contribution >= 4 is 27.3 Å². The SMILES string of the molecule is CCOC(C)CNS(=O)(=O)c1cc(C(=O)O)sc1C. The molecule has 0 spiro atoms. The zero-order chi connectivity index (χ0) is 14.6. The van der Waals surface area contributed by atoms with Gasteiger partial charge in [0, 0.05) is 18.0 Å². The first kappa shape index (κ1) is 16.1. The van der Waals surface area contributed by atoms with E-state index >= 15 is 0 Å². The highest BCUT2D eigenvalue weighted by Crippen LogP contribution is 2.25. The van der Waals surface area contributed by atoms with Crippen molar-refractivity contribution in [2.75, 3.05) is 13.2 Å². The van der Waals surface area contributed by atoms with Gasteiger partial charge in [-0.2, -0.15) is 0 Å². The first-order valence-electron chi connectivity index (χ1n) is 5.73. The highest BCUT2D eigenvalue weighted by atomic mass is 32.2. The lowest BCUT2D eigenvalue weighted by molar-refractivity contribution is 0.0701. The van der Waals surface area contributed by atoms with Gasteiger partial charge in [0.05, 0.1) is 11.0 Å². The van der Waals surface area contributed by atoms with Crippen molar-refractivity contribution in [3.63, 3.8) is 0 Å². The van der Waals surface area contributed by atoms with E-state index in [1.165, 1.54) is 6.07 Å². The number of nitrogens with one attached hydrogen (secondary N) is 1. The van der Waals surface area contributed by atoms with E-state index in [4.69, 9.17) is 9.84 Å². The third-order valence-corrected chi connectivity index (χ3v) is 5.10. The van der Waals surface area contributed by atoms with Gasteiger partial charge in [0.25, 0.3) is 0 Å². The average molecular weight is 307 g/mol. The second kappa shape index (κ2) is 6.47. The minimum absolute atomic E-state index is 0.00994. The van der Waals surface area contributed by atoms with Gasteiger partial charge in [0.2, 0.25) is 10.0 Å². The number of carbonyl (C=O) groups is 1. The molecule has 8 heteroatoms. The summed E-state index contributed by atoms with van der Waals surface area (Å²) < 4.78 is 31.7. The Hall–Kier alpha value is -0.960. The third kappa shape index (κ3) is 4.27. The Morgan fingerprint density at radius 3 is 2.68 bits per heavy atom. The first-order chi connectivity index (χ1) is 8.77. The van der Waals surface area contributed by atoms with Crippen LogP contribution in [-0.4, -0.2) is 38.7 Å². The van der Waals surface area contributed by atoms with Crippen molar-refractivity contribution in [3.05, 3.63) is 15.8 Å². The number of aromatic carboxylic acids is 1. The fourth-order valence-corrected chi connectivity index (χ4v) is 4.03. The van der Waals surface area contributed by atoms with E-state index < -0.39 is 16.0 Å². The van der Waals surface area contributed by atoms with Crippen LogP contribution in [0.15, 0.2) is 11.0 Å². The molecule has 0 radical (unpaired) electrons. The molecule has 1 aromatic heterocycles. The molecule has 0 aliphatic heterocycles. The summed E-state index contributed by atoms with van der Waals surface area (Å²) >= 11 is 0.944. The Morgan fingerprint density at radius 2 is 2.21 bits per heavy atom. The molecular formula is C11H17NO5S2. The minimum atomic E-state index is -3.70. The van der Waals surface area contributed by atoms with Crippen molar-refractivity contribution in [1.82, 2.24) is 4.72 Å². The second-order valence-electron chi connectivity index (χ2n) is 3.95. The van der Waals surface area contributed by atoms with Crippen LogP contribution in [0.3, 0.4) is 0 Å². The second-order valence-corrected chi connectivity index (χ2v) is 6.95. The molecule has 0 aliphatic carbocycles. The van der Waals surface area contributed by atoms with Gasteiger partial charge in [-0.05, 0) is 26.8 Å². The minimum Gasteiger partial charge on any atom is -0.477 e. The quantitative estimate of drug-likeness (QED) is 0.795. The Labute approximate surface area is 116 Å². The fraction of sp³-hybridized carbons (Fsp3) is 0.545. The molecule has 0 amide bonds. The molecule has 0 bridgehead atoms. The molecule has 1 rings (SSSR count). The van der Waals surface area contributed by atoms with Crippen LogP contribution in [0.1, 0.15) is 28.4 Å². The summed E-state index contributed by atoms with van der Waals surface area (Å²) in [5, 5.41) is 8.85. The Morgan fingerprint density at radius 1 is 1.58 bits per heavy atom. The molecule has 0 saturated carbocycles. The summed E-state index contributed by atoms with van der Waals surface area (Å²) in [6, 6.07) is 1.18. The number of thiophene rings is 1. The van der Waals surface area contributed by atoms with Crippen LogP contribution >= 0.6 is 11.3 Å². The third-order valence-electron chi connectivity index (χ3n) is 2.38. The van der Waals surface area contributed by atoms with Gasteiger partial charge in [-0.3, -0.25) is 0 Å². The molecule has 1 atom stereocenters. The molecule has 0 aromatic carbocycles. The van der Waals surface area contributed by atoms with Gasteiger partial charge in [0.15, 0.2) is 0 Å². The largest absolute Gasteiger partial charge is 0.477 e. The maximum atomic E-state index is 12.0. The Kier molecular flexibility index (Phi) is 5.48. The highest BCUT2D eigenvalue weighted by Gasteiger charge is 2.22. The van der Waals surface area contributed by atoms with Crippen molar-refractivity contribution in [3.8, 4) is 0 Å². The van der Waals surface area contributed by atoms with Gasteiger partial charge in [0.1, 0.15) is 4.88 Å². The molecule has 6 nitrogen and oxygen atoms in total. The molecule has 1 unspecified atom stereocenters. The predicted octanol–water partition coefficient (Wildman–Crippen LogP) is 1.46. The molecule has 1 aromatic rings. The topological polar surface area (TPSA) is 92.7 Å². The zero-order valence-electron chi connectivity index (χ0n) is 11.0. The maximum Gasteiger partial charge on any atom is 0.345 e. The number of rotatable bonds is 7. The maximum absolute atomic E-state index is 12.0. The summed E-state index contributed by atoms with van der Waals surface area (Å²) in [5.74, 6) is -1.13. The number of aryl methyl sites for hydroxylation is 1. The number of ether oxygens (including phenoxy) is 1. The Bertz CT molecular complexity index is 549. The van der Waals surface area contributed by atoms with E-state index in [1.54, 1.807) is 13.8 Å². The first-order valence-corrected chi connectivity index (χ1v) is 8.03. The summed E-state index contributed by atoms with van der Waals surface area (Å²) in [4.78, 5) is 11.3. The predicted molar refractivity (Wildman–Crippen MR) is 72.3 cm³/mol. The lowest BCUT2D eigenvalue weighted by Crippen LogP contribution is -2.32. The van der Waals surface area contributed by atoms with Crippen LogP contribution in [0.5, 0.6) is 0 Å². The van der Waals surface area contributed by atoms with Crippen LogP contribution in [0, 0.1) is 6.92 Å². The molecule has 1 heterocycles. The average Bonchev–Trinajstić information content (AvgIpc) is 2.70. The smallest absolute Gasteiger partial charge is 0.345 e. The van der Waals surface area contributed by atoms with Crippen molar-refractivity contribution in [2.24, 2.45) is 0 Å². The van der Waals surface area contributed by atoms with Crippen molar-refractivity contribution in [2.45, 2.75) is 31.8 Å². The zero-order valence-corrected chi connectivity index (χ0v) is 12.6. The summed E-state index contributed by atoms with van der Waals surface area (Å²) in [6.45, 7) is 5.82. The van der Waals surface area contributed by atoms with E-state index in [-0.39, 0.29) is 22.4 Å². The van der Waals surface area contributed by atoms with Crippen LogP contribution in [0.2, 0.25) is 0 Å². The molecule has 0 fully saturated rings. The van der Waals surface area contributed by atoms with Crippen LogP contribution in [0.25, 0.3) is 0 Å². The van der Waals surface area contributed by atoms with Gasteiger partial charge >= 0.3 is 5.97 Å². The molecule has 108 valence electrons. The summed E-state index contributed by atoms with van der Waals surface area (Å²) in [6.07, 6.45) is -0.238. The molecular weight excluding hydrogens is 290 g/mol. The lowest BCUT2D eigenvalue weighted by atomic mass is 10.4. The fourth-order valence-electron chi connectivity index (χ4n) is 1.49. The molecule has 19 heavy (non-hydrogen) atoms. The van der Waals surface area contributed by atoms with Crippen LogP contribution in [-0.2, 0) is 14.8 Å². The number of carboxylic acid groups (broad SMARTS) is 1. The van der Waals surface area contributed by atoms with Crippen molar-refractivity contribution < 1.29 is 23.1 Å².